The van der Waals surface area contributed by atoms with Crippen molar-refractivity contribution in [1.82, 2.24) is 5.32 Å². The van der Waals surface area contributed by atoms with Gasteiger partial charge < -0.3 is 10.6 Å². The van der Waals surface area contributed by atoms with Crippen LogP contribution < -0.4 is 10.6 Å². The number of piperidine rings is 1. The maximum atomic E-state index is 12.3. The number of benzene rings is 1. The van der Waals surface area contributed by atoms with E-state index in [2.05, 4.69) is 42.5 Å². The lowest BCUT2D eigenvalue weighted by Crippen LogP contribution is -2.54. The smallest absolute Gasteiger partial charge is 0.244 e. The molecule has 0 aliphatic carbocycles. The van der Waals surface area contributed by atoms with Crippen LogP contribution in [0.2, 0.25) is 0 Å². The lowest BCUT2D eigenvalue weighted by Gasteiger charge is -2.33. The summed E-state index contributed by atoms with van der Waals surface area (Å²) in [6.45, 7) is 2.87. The van der Waals surface area contributed by atoms with E-state index in [0.717, 1.165) is 40.4 Å². The second kappa shape index (κ2) is 5.72. The Kier molecular flexibility index (Phi) is 4.45. The van der Waals surface area contributed by atoms with E-state index in [1.807, 2.05) is 25.1 Å². The van der Waals surface area contributed by atoms with Gasteiger partial charge in [0, 0.05) is 8.95 Å². The van der Waals surface area contributed by atoms with Gasteiger partial charge in [-0.25, -0.2) is 0 Å². The Bertz CT molecular complexity index is 456. The van der Waals surface area contributed by atoms with Gasteiger partial charge >= 0.3 is 0 Å². The lowest BCUT2D eigenvalue weighted by atomic mass is 9.90. The van der Waals surface area contributed by atoms with Crippen LogP contribution in [0, 0.1) is 0 Å². The molecule has 1 heterocycles. The van der Waals surface area contributed by atoms with Crippen molar-refractivity contribution in [1.29, 1.82) is 0 Å². The summed E-state index contributed by atoms with van der Waals surface area (Å²) in [5, 5.41) is 6.29. The quantitative estimate of drug-likeness (QED) is 0.827. The Morgan fingerprint density at radius 3 is 2.83 bits per heavy atom. The number of carbonyl (C=O) groups excluding carboxylic acids is 1. The fourth-order valence-electron chi connectivity index (χ4n) is 2.10. The Morgan fingerprint density at radius 1 is 1.39 bits per heavy atom. The fourth-order valence-corrected chi connectivity index (χ4v) is 2.81. The normalized spacial score (nSPS) is 23.7. The number of nitrogens with one attached hydrogen (secondary N) is 2. The molecule has 0 radical (unpaired) electrons. The standard InChI is InChI=1S/C13H16Br2N2O/c1-13(6-2-3-7-16-13)12(18)17-11-8-9(14)4-5-10(11)15/h4-5,8,16H,2-3,6-7H2,1H3,(H,17,18). The van der Waals surface area contributed by atoms with Crippen molar-refractivity contribution in [2.75, 3.05) is 11.9 Å². The third-order valence-corrected chi connectivity index (χ3v) is 4.48. The highest BCUT2D eigenvalue weighted by molar-refractivity contribution is 9.11. The Balaban J connectivity index is 2.13. The van der Waals surface area contributed by atoms with E-state index >= 15 is 0 Å². The zero-order valence-electron chi connectivity index (χ0n) is 10.2. The van der Waals surface area contributed by atoms with Crippen LogP contribution >= 0.6 is 31.9 Å². The van der Waals surface area contributed by atoms with E-state index in [4.69, 9.17) is 0 Å². The average molecular weight is 376 g/mol. The minimum absolute atomic E-state index is 0.0287. The molecule has 1 aromatic carbocycles. The summed E-state index contributed by atoms with van der Waals surface area (Å²) < 4.78 is 1.83. The summed E-state index contributed by atoms with van der Waals surface area (Å²) >= 11 is 6.85. The lowest BCUT2D eigenvalue weighted by molar-refractivity contribution is -0.122. The van der Waals surface area contributed by atoms with E-state index in [9.17, 15) is 4.79 Å². The SMILES string of the molecule is CC1(C(=O)Nc2cc(Br)ccc2Br)CCCCN1. The van der Waals surface area contributed by atoms with Crippen LogP contribution in [-0.2, 0) is 4.79 Å². The second-order valence-corrected chi connectivity index (χ2v) is 6.56. The minimum Gasteiger partial charge on any atom is -0.323 e. The number of halogens is 2. The van der Waals surface area contributed by atoms with Crippen molar-refractivity contribution in [3.63, 3.8) is 0 Å². The molecule has 0 aromatic heterocycles. The van der Waals surface area contributed by atoms with Crippen LogP contribution in [-0.4, -0.2) is 18.0 Å². The molecule has 1 amide bonds. The molecular weight excluding hydrogens is 360 g/mol. The zero-order valence-corrected chi connectivity index (χ0v) is 13.4. The van der Waals surface area contributed by atoms with E-state index < -0.39 is 5.54 Å². The molecule has 0 bridgehead atoms. The molecule has 1 aromatic rings. The number of hydrogen-bond acceptors (Lipinski definition) is 2. The molecule has 0 saturated carbocycles. The third-order valence-electron chi connectivity index (χ3n) is 3.30. The molecule has 18 heavy (non-hydrogen) atoms. The largest absolute Gasteiger partial charge is 0.323 e. The molecule has 1 atom stereocenters. The molecule has 1 saturated heterocycles. The molecule has 0 spiro atoms. The number of amides is 1. The van der Waals surface area contributed by atoms with Gasteiger partial charge in [-0.1, -0.05) is 15.9 Å². The van der Waals surface area contributed by atoms with Gasteiger partial charge in [0.25, 0.3) is 0 Å². The Labute approximate surface area is 124 Å². The van der Waals surface area contributed by atoms with Gasteiger partial charge in [0.2, 0.25) is 5.91 Å². The van der Waals surface area contributed by atoms with Crippen LogP contribution in [0.3, 0.4) is 0 Å². The molecule has 2 N–H and O–H groups in total. The number of rotatable bonds is 2. The minimum atomic E-state index is -0.458. The molecule has 5 heteroatoms. The monoisotopic (exact) mass is 374 g/mol. The van der Waals surface area contributed by atoms with Gasteiger partial charge in [-0.05, 0) is 66.9 Å². The van der Waals surface area contributed by atoms with E-state index in [1.54, 1.807) is 0 Å². The van der Waals surface area contributed by atoms with Gasteiger partial charge in [-0.2, -0.15) is 0 Å². The number of anilines is 1. The topological polar surface area (TPSA) is 41.1 Å². The molecule has 1 aliphatic rings. The van der Waals surface area contributed by atoms with Gasteiger partial charge in [-0.15, -0.1) is 0 Å². The van der Waals surface area contributed by atoms with Crippen LogP contribution in [0.25, 0.3) is 0 Å². The first-order chi connectivity index (χ1) is 8.51. The highest BCUT2D eigenvalue weighted by Gasteiger charge is 2.34. The molecule has 1 aliphatic heterocycles. The van der Waals surface area contributed by atoms with Crippen LogP contribution in [0.15, 0.2) is 27.1 Å². The molecule has 2 rings (SSSR count). The van der Waals surface area contributed by atoms with Crippen molar-refractivity contribution in [3.05, 3.63) is 27.1 Å². The Morgan fingerprint density at radius 2 is 2.17 bits per heavy atom. The van der Waals surface area contributed by atoms with Crippen molar-refractivity contribution in [2.45, 2.75) is 31.7 Å². The Hall–Kier alpha value is -0.390. The summed E-state index contributed by atoms with van der Waals surface area (Å²) in [6, 6.07) is 5.74. The van der Waals surface area contributed by atoms with Gasteiger partial charge in [0.1, 0.15) is 0 Å². The van der Waals surface area contributed by atoms with Crippen molar-refractivity contribution < 1.29 is 4.79 Å². The van der Waals surface area contributed by atoms with Gasteiger partial charge in [0.05, 0.1) is 11.2 Å². The zero-order chi connectivity index (χ0) is 13.2. The first-order valence-corrected chi connectivity index (χ1v) is 7.61. The van der Waals surface area contributed by atoms with Crippen LogP contribution in [0.4, 0.5) is 5.69 Å². The number of carbonyl (C=O) groups is 1. The maximum absolute atomic E-state index is 12.3. The van der Waals surface area contributed by atoms with E-state index in [1.165, 1.54) is 0 Å². The third kappa shape index (κ3) is 3.13. The van der Waals surface area contributed by atoms with Gasteiger partial charge in [-0.3, -0.25) is 4.79 Å². The molecule has 1 fully saturated rings. The second-order valence-electron chi connectivity index (χ2n) is 4.79. The molecule has 98 valence electrons. The predicted octanol–water partition coefficient (Wildman–Crippen LogP) is 3.68. The first-order valence-electron chi connectivity index (χ1n) is 6.03. The maximum Gasteiger partial charge on any atom is 0.244 e. The van der Waals surface area contributed by atoms with Crippen molar-refractivity contribution in [2.24, 2.45) is 0 Å². The predicted molar refractivity (Wildman–Crippen MR) is 80.7 cm³/mol. The summed E-state index contributed by atoms with van der Waals surface area (Å²) in [4.78, 5) is 12.3. The highest BCUT2D eigenvalue weighted by Crippen LogP contribution is 2.28. The van der Waals surface area contributed by atoms with Crippen molar-refractivity contribution in [3.8, 4) is 0 Å². The summed E-state index contributed by atoms with van der Waals surface area (Å²) in [5.41, 5.74) is 0.336. The van der Waals surface area contributed by atoms with Crippen LogP contribution in [0.5, 0.6) is 0 Å². The highest BCUT2D eigenvalue weighted by atomic mass is 79.9. The van der Waals surface area contributed by atoms with Crippen molar-refractivity contribution >= 4 is 43.5 Å². The summed E-state index contributed by atoms with van der Waals surface area (Å²) in [7, 11) is 0. The van der Waals surface area contributed by atoms with E-state index in [-0.39, 0.29) is 5.91 Å². The molecule has 1 unspecified atom stereocenters. The number of hydrogen-bond donors (Lipinski definition) is 2. The van der Waals surface area contributed by atoms with Gasteiger partial charge in [0.15, 0.2) is 0 Å². The summed E-state index contributed by atoms with van der Waals surface area (Å²) in [5.74, 6) is 0.0287. The average Bonchev–Trinajstić information content (AvgIpc) is 2.35. The fraction of sp³-hybridized carbons (Fsp3) is 0.462. The molecule has 3 nitrogen and oxygen atoms in total. The summed E-state index contributed by atoms with van der Waals surface area (Å²) in [6.07, 6.45) is 3.12. The van der Waals surface area contributed by atoms with E-state index in [0.29, 0.717) is 0 Å². The molecular formula is C13H16Br2N2O. The first kappa shape index (κ1) is 14.0. The van der Waals surface area contributed by atoms with Crippen LogP contribution in [0.1, 0.15) is 26.2 Å².